The van der Waals surface area contributed by atoms with E-state index in [2.05, 4.69) is 40.3 Å². The number of carbonyl (C=O) groups is 1. The molecule has 0 fully saturated rings. The van der Waals surface area contributed by atoms with E-state index < -0.39 is 5.91 Å². The minimum Gasteiger partial charge on any atom is -0.496 e. The van der Waals surface area contributed by atoms with Crippen molar-refractivity contribution in [2.75, 3.05) is 38.8 Å². The molecule has 32 heavy (non-hydrogen) atoms. The molecule has 0 aliphatic rings. The van der Waals surface area contributed by atoms with E-state index in [0.29, 0.717) is 17.0 Å². The number of hydrogen-bond acceptors (Lipinski definition) is 8. The zero-order chi connectivity index (χ0) is 23.5. The molecule has 0 aliphatic heterocycles. The SMILES string of the molecule is CCN(CC)c1ccc(/C=N\NC(=O)COc2nc(C)cc(COC)c2C#N)c(OC)c1. The zero-order valence-corrected chi connectivity index (χ0v) is 19.1. The Morgan fingerprint density at radius 2 is 2.03 bits per heavy atom. The standard InChI is InChI=1S/C23H29N5O4/c1-6-28(7-2)19-9-8-17(21(11-19)31-5)13-25-27-22(29)15-32-23-20(12-24)18(14-30-4)10-16(3)26-23/h8-11,13H,6-7,14-15H2,1-5H3,(H,27,29)/b25-13-. The molecular formula is C23H29N5O4. The number of ether oxygens (including phenoxy) is 3. The van der Waals surface area contributed by atoms with Gasteiger partial charge >= 0.3 is 0 Å². The van der Waals surface area contributed by atoms with Crippen molar-refractivity contribution < 1.29 is 19.0 Å². The number of methoxy groups -OCH3 is 2. The molecule has 0 saturated heterocycles. The molecule has 0 aliphatic carbocycles. The molecule has 0 atom stereocenters. The van der Waals surface area contributed by atoms with Gasteiger partial charge in [0.05, 0.1) is 19.9 Å². The molecule has 0 unspecified atom stereocenters. The van der Waals surface area contributed by atoms with Gasteiger partial charge < -0.3 is 19.1 Å². The largest absolute Gasteiger partial charge is 0.496 e. The fraction of sp³-hybridized carbons (Fsp3) is 0.391. The Bertz CT molecular complexity index is 997. The highest BCUT2D eigenvalue weighted by Crippen LogP contribution is 2.24. The molecule has 1 heterocycles. The molecule has 1 aromatic carbocycles. The molecule has 0 spiro atoms. The van der Waals surface area contributed by atoms with E-state index in [-0.39, 0.29) is 24.7 Å². The molecule has 0 saturated carbocycles. The lowest BCUT2D eigenvalue weighted by Crippen LogP contribution is -2.25. The summed E-state index contributed by atoms with van der Waals surface area (Å²) in [6, 6.07) is 9.59. The van der Waals surface area contributed by atoms with Crippen LogP contribution in [0.25, 0.3) is 0 Å². The first kappa shape index (κ1) is 24.6. The van der Waals surface area contributed by atoms with Gasteiger partial charge in [0.2, 0.25) is 5.88 Å². The van der Waals surface area contributed by atoms with E-state index in [1.54, 1.807) is 20.1 Å². The third-order valence-electron chi connectivity index (χ3n) is 4.69. The summed E-state index contributed by atoms with van der Waals surface area (Å²) in [5, 5.41) is 13.4. The molecule has 2 rings (SSSR count). The Balaban J connectivity index is 2.03. The number of rotatable bonds is 11. The molecule has 1 aromatic heterocycles. The third kappa shape index (κ3) is 6.43. The number of anilines is 1. The Morgan fingerprint density at radius 3 is 2.66 bits per heavy atom. The van der Waals surface area contributed by atoms with Crippen molar-refractivity contribution in [3.8, 4) is 17.7 Å². The normalized spacial score (nSPS) is 10.6. The Hall–Kier alpha value is -3.64. The Kier molecular flexibility index (Phi) is 9.44. The number of hydrazone groups is 1. The summed E-state index contributed by atoms with van der Waals surface area (Å²) in [7, 11) is 3.12. The van der Waals surface area contributed by atoms with Gasteiger partial charge in [0.25, 0.3) is 5.91 Å². The molecule has 0 radical (unpaired) electrons. The van der Waals surface area contributed by atoms with Gasteiger partial charge in [0.1, 0.15) is 17.4 Å². The van der Waals surface area contributed by atoms with E-state index in [1.165, 1.54) is 13.3 Å². The van der Waals surface area contributed by atoms with Crippen molar-refractivity contribution in [3.63, 3.8) is 0 Å². The third-order valence-corrected chi connectivity index (χ3v) is 4.69. The second-order valence-electron chi connectivity index (χ2n) is 6.83. The second kappa shape index (κ2) is 12.3. The van der Waals surface area contributed by atoms with Crippen LogP contribution in [0.4, 0.5) is 5.69 Å². The topological polar surface area (TPSA) is 109 Å². The lowest BCUT2D eigenvalue weighted by Gasteiger charge is -2.21. The van der Waals surface area contributed by atoms with Gasteiger partial charge in [0, 0.05) is 48.8 Å². The van der Waals surface area contributed by atoms with Gasteiger partial charge in [-0.05, 0) is 39.0 Å². The molecule has 1 N–H and O–H groups in total. The second-order valence-corrected chi connectivity index (χ2v) is 6.83. The first-order chi connectivity index (χ1) is 15.5. The van der Waals surface area contributed by atoms with Crippen molar-refractivity contribution in [2.24, 2.45) is 5.10 Å². The van der Waals surface area contributed by atoms with Gasteiger partial charge in [-0.3, -0.25) is 4.79 Å². The smallest absolute Gasteiger partial charge is 0.278 e. The minimum absolute atomic E-state index is 0.0901. The van der Waals surface area contributed by atoms with Crippen molar-refractivity contribution in [1.29, 1.82) is 5.26 Å². The van der Waals surface area contributed by atoms with E-state index >= 15 is 0 Å². The van der Waals surface area contributed by atoms with Gasteiger partial charge in [-0.2, -0.15) is 10.4 Å². The van der Waals surface area contributed by atoms with Crippen molar-refractivity contribution in [2.45, 2.75) is 27.4 Å². The maximum Gasteiger partial charge on any atom is 0.278 e. The van der Waals surface area contributed by atoms with Crippen LogP contribution in [0.1, 0.15) is 36.2 Å². The number of nitrogens with zero attached hydrogens (tertiary/aromatic N) is 4. The first-order valence-corrected chi connectivity index (χ1v) is 10.2. The van der Waals surface area contributed by atoms with Crippen LogP contribution in [0.15, 0.2) is 29.4 Å². The molecule has 1 amide bonds. The average molecular weight is 440 g/mol. The first-order valence-electron chi connectivity index (χ1n) is 10.2. The summed E-state index contributed by atoms with van der Waals surface area (Å²) in [6.45, 7) is 7.64. The number of carbonyl (C=O) groups excluding carboxylic acids is 1. The number of benzene rings is 1. The molecule has 2 aromatic rings. The van der Waals surface area contributed by atoms with E-state index in [0.717, 1.165) is 24.3 Å². The van der Waals surface area contributed by atoms with Gasteiger partial charge in [-0.15, -0.1) is 0 Å². The Morgan fingerprint density at radius 1 is 1.28 bits per heavy atom. The number of amides is 1. The summed E-state index contributed by atoms with van der Waals surface area (Å²) in [5.41, 5.74) is 5.73. The van der Waals surface area contributed by atoms with Gasteiger partial charge in [-0.25, -0.2) is 10.4 Å². The lowest BCUT2D eigenvalue weighted by atomic mass is 10.1. The number of nitriles is 1. The van der Waals surface area contributed by atoms with Crippen molar-refractivity contribution in [3.05, 3.63) is 46.6 Å². The van der Waals surface area contributed by atoms with E-state index in [9.17, 15) is 10.1 Å². The summed E-state index contributed by atoms with van der Waals surface area (Å²) in [4.78, 5) is 18.6. The van der Waals surface area contributed by atoms with E-state index in [1.807, 2.05) is 18.2 Å². The van der Waals surface area contributed by atoms with E-state index in [4.69, 9.17) is 14.2 Å². The highest BCUT2D eigenvalue weighted by Gasteiger charge is 2.14. The number of aromatic nitrogens is 1. The monoisotopic (exact) mass is 439 g/mol. The zero-order valence-electron chi connectivity index (χ0n) is 19.1. The van der Waals surface area contributed by atoms with Crippen LogP contribution in [-0.4, -0.2) is 51.0 Å². The van der Waals surface area contributed by atoms with Crippen LogP contribution in [0, 0.1) is 18.3 Å². The number of nitrogens with one attached hydrogen (secondary N) is 1. The van der Waals surface area contributed by atoms with Crippen LogP contribution in [0.2, 0.25) is 0 Å². The van der Waals surface area contributed by atoms with Crippen LogP contribution in [0.3, 0.4) is 0 Å². The summed E-state index contributed by atoms with van der Waals surface area (Å²) in [6.07, 6.45) is 1.51. The fourth-order valence-corrected chi connectivity index (χ4v) is 3.14. The molecule has 9 heteroatoms. The maximum absolute atomic E-state index is 12.2. The van der Waals surface area contributed by atoms with Crippen LogP contribution in [-0.2, 0) is 16.1 Å². The minimum atomic E-state index is -0.486. The molecular weight excluding hydrogens is 410 g/mol. The predicted molar refractivity (Wildman–Crippen MR) is 122 cm³/mol. The Labute approximate surface area is 188 Å². The number of hydrogen-bond donors (Lipinski definition) is 1. The summed E-state index contributed by atoms with van der Waals surface area (Å²) < 4.78 is 16.0. The maximum atomic E-state index is 12.2. The molecule has 0 bridgehead atoms. The predicted octanol–water partition coefficient (Wildman–Crippen LogP) is 2.79. The lowest BCUT2D eigenvalue weighted by molar-refractivity contribution is -0.123. The highest BCUT2D eigenvalue weighted by atomic mass is 16.5. The summed E-state index contributed by atoms with van der Waals surface area (Å²) in [5.74, 6) is 0.254. The fourth-order valence-electron chi connectivity index (χ4n) is 3.14. The van der Waals surface area contributed by atoms with Gasteiger partial charge in [0.15, 0.2) is 6.61 Å². The average Bonchev–Trinajstić information content (AvgIpc) is 2.79. The van der Waals surface area contributed by atoms with Crippen LogP contribution >= 0.6 is 0 Å². The quantitative estimate of drug-likeness (QED) is 0.423. The number of aryl methyl sites for hydroxylation is 1. The molecule has 170 valence electrons. The molecule has 9 nitrogen and oxygen atoms in total. The van der Waals surface area contributed by atoms with Crippen molar-refractivity contribution in [1.82, 2.24) is 10.4 Å². The highest BCUT2D eigenvalue weighted by molar-refractivity contribution is 5.86. The van der Waals surface area contributed by atoms with Crippen molar-refractivity contribution >= 4 is 17.8 Å². The van der Waals surface area contributed by atoms with Gasteiger partial charge in [-0.1, -0.05) is 0 Å². The number of pyridine rings is 1. The van der Waals surface area contributed by atoms with Crippen LogP contribution in [0.5, 0.6) is 11.6 Å². The summed E-state index contributed by atoms with van der Waals surface area (Å²) >= 11 is 0. The van der Waals surface area contributed by atoms with Crippen LogP contribution < -0.4 is 19.8 Å².